The molecule has 0 atom stereocenters. The van der Waals surface area contributed by atoms with Crippen LogP contribution >= 0.6 is 23.2 Å². The van der Waals surface area contributed by atoms with E-state index >= 15 is 0 Å². The van der Waals surface area contributed by atoms with Gasteiger partial charge in [-0.15, -0.1) is 0 Å². The third kappa shape index (κ3) is 3.04. The molecule has 1 aromatic heterocycles. The number of aromatic nitrogens is 1. The van der Waals surface area contributed by atoms with E-state index in [2.05, 4.69) is 12.2 Å². The van der Waals surface area contributed by atoms with Gasteiger partial charge < -0.3 is 15.0 Å². The van der Waals surface area contributed by atoms with Crippen molar-refractivity contribution in [2.75, 3.05) is 0 Å². The summed E-state index contributed by atoms with van der Waals surface area (Å²) in [4.78, 5) is 24.0. The number of hydrogen-bond donors (Lipinski definition) is 2. The molecular weight excluding hydrogens is 315 g/mol. The number of carbonyl (C=O) groups excluding carboxylic acids is 1. The van der Waals surface area contributed by atoms with Crippen molar-refractivity contribution in [3.05, 3.63) is 21.9 Å². The van der Waals surface area contributed by atoms with Crippen molar-refractivity contribution in [3.8, 4) is 0 Å². The average molecular weight is 333 g/mol. The standard InChI is InChI=1S/C14H18Cl2N2O3/c1-8-3-5-14(6-4-8,13(20)21)17-12(19)10-7-9(15)11(16)18(10)2/h7-8H,3-6H2,1-2H3,(H,17,19)(H,20,21). The van der Waals surface area contributed by atoms with Crippen molar-refractivity contribution in [2.45, 2.75) is 38.1 Å². The molecule has 2 rings (SSSR count). The summed E-state index contributed by atoms with van der Waals surface area (Å²) in [6, 6.07) is 1.44. The van der Waals surface area contributed by atoms with E-state index in [0.717, 1.165) is 12.8 Å². The molecule has 7 heteroatoms. The third-order valence-electron chi connectivity index (χ3n) is 4.24. The van der Waals surface area contributed by atoms with Crippen LogP contribution in [0.25, 0.3) is 0 Å². The van der Waals surface area contributed by atoms with Gasteiger partial charge in [-0.25, -0.2) is 4.79 Å². The quantitative estimate of drug-likeness (QED) is 0.893. The zero-order valence-corrected chi connectivity index (χ0v) is 13.5. The summed E-state index contributed by atoms with van der Waals surface area (Å²) in [5, 5.41) is 12.7. The fourth-order valence-electron chi connectivity index (χ4n) is 2.69. The molecule has 1 aliphatic rings. The zero-order valence-electron chi connectivity index (χ0n) is 11.9. The molecule has 0 saturated heterocycles. The lowest BCUT2D eigenvalue weighted by Gasteiger charge is -2.36. The summed E-state index contributed by atoms with van der Waals surface area (Å²) in [6.07, 6.45) is 2.42. The number of halogens is 2. The number of nitrogens with zero attached hydrogens (tertiary/aromatic N) is 1. The minimum atomic E-state index is -1.20. The molecule has 1 amide bonds. The Balaban J connectivity index is 2.23. The maximum Gasteiger partial charge on any atom is 0.329 e. The van der Waals surface area contributed by atoms with Crippen LogP contribution in [0.1, 0.15) is 43.1 Å². The van der Waals surface area contributed by atoms with Crippen LogP contribution in [0.5, 0.6) is 0 Å². The third-order valence-corrected chi connectivity index (χ3v) is 5.08. The highest BCUT2D eigenvalue weighted by atomic mass is 35.5. The van der Waals surface area contributed by atoms with Crippen LogP contribution in [0, 0.1) is 5.92 Å². The van der Waals surface area contributed by atoms with Gasteiger partial charge in [-0.3, -0.25) is 4.79 Å². The molecule has 1 fully saturated rings. The van der Waals surface area contributed by atoms with Crippen LogP contribution in [0.15, 0.2) is 6.07 Å². The van der Waals surface area contributed by atoms with Gasteiger partial charge in [0.15, 0.2) is 0 Å². The SMILES string of the molecule is CC1CCC(NC(=O)c2cc(Cl)c(Cl)n2C)(C(=O)O)CC1. The van der Waals surface area contributed by atoms with Crippen LogP contribution in [-0.2, 0) is 11.8 Å². The Labute approximate surface area is 133 Å². The van der Waals surface area contributed by atoms with Gasteiger partial charge in [-0.2, -0.15) is 0 Å². The van der Waals surface area contributed by atoms with E-state index < -0.39 is 17.4 Å². The molecule has 21 heavy (non-hydrogen) atoms. The number of aliphatic carboxylic acids is 1. The van der Waals surface area contributed by atoms with Crippen molar-refractivity contribution in [1.82, 2.24) is 9.88 Å². The number of carbonyl (C=O) groups is 2. The van der Waals surface area contributed by atoms with E-state index in [1.54, 1.807) is 7.05 Å². The number of carboxylic acid groups (broad SMARTS) is 1. The molecule has 1 saturated carbocycles. The predicted octanol–water partition coefficient (Wildman–Crippen LogP) is 3.10. The normalized spacial score (nSPS) is 25.6. The van der Waals surface area contributed by atoms with Crippen molar-refractivity contribution < 1.29 is 14.7 Å². The van der Waals surface area contributed by atoms with E-state index in [4.69, 9.17) is 23.2 Å². The maximum absolute atomic E-state index is 12.4. The molecule has 0 aromatic carbocycles. The van der Waals surface area contributed by atoms with E-state index in [-0.39, 0.29) is 15.9 Å². The highest BCUT2D eigenvalue weighted by Gasteiger charge is 2.43. The summed E-state index contributed by atoms with van der Waals surface area (Å²) in [5.74, 6) is -0.981. The van der Waals surface area contributed by atoms with E-state index in [1.807, 2.05) is 0 Å². The minimum Gasteiger partial charge on any atom is -0.480 e. The topological polar surface area (TPSA) is 71.3 Å². The highest BCUT2D eigenvalue weighted by Crippen LogP contribution is 2.33. The molecule has 0 unspecified atom stereocenters. The van der Waals surface area contributed by atoms with Crippen molar-refractivity contribution in [3.63, 3.8) is 0 Å². The fourth-order valence-corrected chi connectivity index (χ4v) is 3.06. The Morgan fingerprint density at radius 2 is 1.95 bits per heavy atom. The predicted molar refractivity (Wildman–Crippen MR) is 80.9 cm³/mol. The van der Waals surface area contributed by atoms with Crippen LogP contribution in [0.2, 0.25) is 10.2 Å². The molecule has 1 heterocycles. The first-order chi connectivity index (χ1) is 9.77. The Morgan fingerprint density at radius 3 is 2.38 bits per heavy atom. The molecule has 0 radical (unpaired) electrons. The maximum atomic E-state index is 12.4. The summed E-state index contributed by atoms with van der Waals surface area (Å²) >= 11 is 11.8. The Bertz CT molecular complexity index is 575. The smallest absolute Gasteiger partial charge is 0.329 e. The zero-order chi connectivity index (χ0) is 15.8. The number of nitrogens with one attached hydrogen (secondary N) is 1. The van der Waals surface area contributed by atoms with E-state index in [9.17, 15) is 14.7 Å². The first-order valence-electron chi connectivity index (χ1n) is 6.83. The molecule has 5 nitrogen and oxygen atoms in total. The summed E-state index contributed by atoms with van der Waals surface area (Å²) in [6.45, 7) is 2.09. The number of amides is 1. The Hall–Kier alpha value is -1.20. The van der Waals surface area contributed by atoms with Gasteiger partial charge in [0, 0.05) is 7.05 Å². The first kappa shape index (κ1) is 16.2. The van der Waals surface area contributed by atoms with Gasteiger partial charge in [0.2, 0.25) is 0 Å². The monoisotopic (exact) mass is 332 g/mol. The molecule has 1 aliphatic carbocycles. The van der Waals surface area contributed by atoms with Crippen LogP contribution in [0.3, 0.4) is 0 Å². The van der Waals surface area contributed by atoms with Crippen molar-refractivity contribution in [2.24, 2.45) is 13.0 Å². The second-order valence-corrected chi connectivity index (χ2v) is 6.52. The molecule has 0 aliphatic heterocycles. The van der Waals surface area contributed by atoms with Crippen molar-refractivity contribution in [1.29, 1.82) is 0 Å². The van der Waals surface area contributed by atoms with Crippen LogP contribution in [0.4, 0.5) is 0 Å². The highest BCUT2D eigenvalue weighted by molar-refractivity contribution is 6.41. The Morgan fingerprint density at radius 1 is 1.38 bits per heavy atom. The number of rotatable bonds is 3. The van der Waals surface area contributed by atoms with Crippen LogP contribution < -0.4 is 5.32 Å². The van der Waals surface area contributed by atoms with Gasteiger partial charge in [0.05, 0.1) is 5.02 Å². The molecular formula is C14H18Cl2N2O3. The van der Waals surface area contributed by atoms with Crippen LogP contribution in [-0.4, -0.2) is 27.1 Å². The molecule has 116 valence electrons. The lowest BCUT2D eigenvalue weighted by molar-refractivity contribution is -0.146. The second-order valence-electron chi connectivity index (χ2n) is 5.75. The number of carboxylic acids is 1. The average Bonchev–Trinajstić information content (AvgIpc) is 2.69. The summed E-state index contributed by atoms with van der Waals surface area (Å²) < 4.78 is 1.44. The molecule has 0 spiro atoms. The molecule has 0 bridgehead atoms. The first-order valence-corrected chi connectivity index (χ1v) is 7.59. The summed E-state index contributed by atoms with van der Waals surface area (Å²) in [5.41, 5.74) is -0.948. The van der Waals surface area contributed by atoms with Gasteiger partial charge in [0.25, 0.3) is 5.91 Å². The molecule has 2 N–H and O–H groups in total. The summed E-state index contributed by atoms with van der Waals surface area (Å²) in [7, 11) is 1.61. The fraction of sp³-hybridized carbons (Fsp3) is 0.571. The second kappa shape index (κ2) is 5.89. The van der Waals surface area contributed by atoms with E-state index in [1.165, 1.54) is 10.6 Å². The van der Waals surface area contributed by atoms with Gasteiger partial charge in [-0.1, -0.05) is 30.1 Å². The van der Waals surface area contributed by atoms with Gasteiger partial charge >= 0.3 is 5.97 Å². The lowest BCUT2D eigenvalue weighted by atomic mass is 9.77. The Kier molecular flexibility index (Phi) is 4.54. The van der Waals surface area contributed by atoms with Crippen molar-refractivity contribution >= 4 is 35.1 Å². The molecule has 1 aromatic rings. The van der Waals surface area contributed by atoms with Gasteiger partial charge in [0.1, 0.15) is 16.4 Å². The number of hydrogen-bond acceptors (Lipinski definition) is 2. The largest absolute Gasteiger partial charge is 0.480 e. The van der Waals surface area contributed by atoms with E-state index in [0.29, 0.717) is 18.8 Å². The minimum absolute atomic E-state index is 0.253. The lowest BCUT2D eigenvalue weighted by Crippen LogP contribution is -2.56. The van der Waals surface area contributed by atoms with Gasteiger partial charge in [-0.05, 0) is 37.7 Å².